The van der Waals surface area contributed by atoms with Crippen molar-refractivity contribution in [1.82, 2.24) is 0 Å². The van der Waals surface area contributed by atoms with Crippen molar-refractivity contribution in [3.8, 4) is 0 Å². The fourth-order valence-electron chi connectivity index (χ4n) is 10.9. The van der Waals surface area contributed by atoms with Gasteiger partial charge in [-0.05, 0) is 37.5 Å². The summed E-state index contributed by atoms with van der Waals surface area (Å²) >= 11 is 0. The number of esters is 4. The molecule has 0 rings (SSSR count). The molecule has 0 aliphatic carbocycles. The highest BCUT2D eigenvalue weighted by Gasteiger charge is 2.30. The van der Waals surface area contributed by atoms with E-state index >= 15 is 0 Å². The molecule has 540 valence electrons. The summed E-state index contributed by atoms with van der Waals surface area (Å²) in [6, 6.07) is 0. The quantitative estimate of drug-likeness (QED) is 0.0222. The molecule has 3 unspecified atom stereocenters. The molecule has 19 heteroatoms. The zero-order valence-corrected chi connectivity index (χ0v) is 60.9. The van der Waals surface area contributed by atoms with Crippen molar-refractivity contribution in [3.63, 3.8) is 0 Å². The third kappa shape index (κ3) is 65.1. The van der Waals surface area contributed by atoms with E-state index in [0.29, 0.717) is 25.7 Å². The molecule has 17 nitrogen and oxygen atoms in total. The van der Waals surface area contributed by atoms with Crippen molar-refractivity contribution < 1.29 is 80.2 Å². The smallest absolute Gasteiger partial charge is 0.462 e. The van der Waals surface area contributed by atoms with Crippen molar-refractivity contribution in [2.24, 2.45) is 11.8 Å². The Labute approximate surface area is 556 Å². The number of unbranched alkanes of at least 4 members (excludes halogenated alkanes) is 40. The first kappa shape index (κ1) is 89.1. The molecule has 91 heavy (non-hydrogen) atoms. The predicted octanol–water partition coefficient (Wildman–Crippen LogP) is 20.8. The third-order valence-electron chi connectivity index (χ3n) is 17.1. The van der Waals surface area contributed by atoms with Crippen LogP contribution in [0.1, 0.15) is 369 Å². The van der Waals surface area contributed by atoms with Crippen molar-refractivity contribution in [2.75, 3.05) is 39.6 Å². The third-order valence-corrected chi connectivity index (χ3v) is 19.0. The zero-order chi connectivity index (χ0) is 67.2. The second-order valence-electron chi connectivity index (χ2n) is 26.7. The van der Waals surface area contributed by atoms with Crippen LogP contribution in [0.5, 0.6) is 0 Å². The molecule has 0 saturated heterocycles. The normalized spacial score (nSPS) is 14.4. The van der Waals surface area contributed by atoms with Gasteiger partial charge >= 0.3 is 39.5 Å². The second-order valence-corrected chi connectivity index (χ2v) is 29.6. The Morgan fingerprint density at radius 2 is 0.560 bits per heavy atom. The van der Waals surface area contributed by atoms with E-state index in [1.807, 2.05) is 0 Å². The summed E-state index contributed by atoms with van der Waals surface area (Å²) in [4.78, 5) is 72.6. The van der Waals surface area contributed by atoms with Gasteiger partial charge in [0.1, 0.15) is 19.3 Å². The average Bonchev–Trinajstić information content (AvgIpc) is 3.57. The standard InChI is InChI=1S/C72H140O17P2/c1-7-10-12-14-16-18-20-21-22-23-24-25-26-27-28-32-37-44-50-56-71(76)88-67(60-82-70(75)55-49-43-36-33-29-30-34-40-46-52-64(4)5)62-86-90(78,79)84-58-66(73)59-85-91(80,81)87-63-68(89-72(77)57-51-45-39-38-41-47-53-65(6)9-3)61-83-69(74)54-48-42-35-31-19-17-15-13-11-8-2/h64-68,73H,7-63H2,1-6H3,(H,78,79)(H,80,81)/t65?,66-,67-,68-/m1/s1. The van der Waals surface area contributed by atoms with Gasteiger partial charge in [-0.3, -0.25) is 37.3 Å². The number of aliphatic hydroxyl groups is 1. The number of phosphoric acid groups is 2. The summed E-state index contributed by atoms with van der Waals surface area (Å²) in [5.74, 6) is -0.661. The number of carbonyl (C=O) groups excluding carboxylic acids is 4. The SMILES string of the molecule is CCCCCCCCCCCCCCCCCCCCCC(=O)O[C@H](COC(=O)CCCCCCCCCCCC(C)C)COP(=O)(O)OC[C@@H](O)COP(=O)(O)OC[C@@H](COC(=O)CCCCCCCCCCCC)OC(=O)CCCCCCCCC(C)CC. The molecule has 0 saturated carbocycles. The predicted molar refractivity (Wildman–Crippen MR) is 368 cm³/mol. The molecule has 6 atom stereocenters. The van der Waals surface area contributed by atoms with Gasteiger partial charge in [0.2, 0.25) is 0 Å². The zero-order valence-electron chi connectivity index (χ0n) is 59.1. The minimum absolute atomic E-state index is 0.103. The molecule has 0 amide bonds. The van der Waals surface area contributed by atoms with Crippen LogP contribution in [0.3, 0.4) is 0 Å². The van der Waals surface area contributed by atoms with Crippen LogP contribution in [0.2, 0.25) is 0 Å². The van der Waals surface area contributed by atoms with E-state index in [0.717, 1.165) is 102 Å². The van der Waals surface area contributed by atoms with Gasteiger partial charge in [-0.1, -0.05) is 318 Å². The number of carbonyl (C=O) groups is 4. The van der Waals surface area contributed by atoms with E-state index in [1.165, 1.54) is 186 Å². The monoisotopic (exact) mass is 1340 g/mol. The Balaban J connectivity index is 5.21. The Hall–Kier alpha value is -1.94. The summed E-state index contributed by atoms with van der Waals surface area (Å²) in [6.45, 7) is 9.49. The van der Waals surface area contributed by atoms with E-state index in [1.54, 1.807) is 0 Å². The van der Waals surface area contributed by atoms with Gasteiger partial charge in [-0.2, -0.15) is 0 Å². The lowest BCUT2D eigenvalue weighted by atomic mass is 10.00. The maximum atomic E-state index is 13.0. The van der Waals surface area contributed by atoms with Gasteiger partial charge in [0.05, 0.1) is 26.4 Å². The molecule has 0 aromatic carbocycles. The van der Waals surface area contributed by atoms with E-state index in [-0.39, 0.29) is 25.7 Å². The Morgan fingerprint density at radius 1 is 0.319 bits per heavy atom. The molecule has 3 N–H and O–H groups in total. The van der Waals surface area contributed by atoms with Crippen LogP contribution >= 0.6 is 15.6 Å². The summed E-state index contributed by atoms with van der Waals surface area (Å²) in [5.41, 5.74) is 0. The minimum atomic E-state index is -4.95. The van der Waals surface area contributed by atoms with E-state index < -0.39 is 97.5 Å². The van der Waals surface area contributed by atoms with E-state index in [9.17, 15) is 43.2 Å². The van der Waals surface area contributed by atoms with Gasteiger partial charge in [0.25, 0.3) is 0 Å². The van der Waals surface area contributed by atoms with Crippen LogP contribution in [0.15, 0.2) is 0 Å². The highest BCUT2D eigenvalue weighted by Crippen LogP contribution is 2.45. The topological polar surface area (TPSA) is 237 Å². The molecule has 0 fully saturated rings. The molecule has 0 aromatic heterocycles. The fraction of sp³-hybridized carbons (Fsp3) is 0.944. The van der Waals surface area contributed by atoms with E-state index in [4.69, 9.17) is 37.0 Å². The molecular formula is C72H140O17P2. The number of hydrogen-bond donors (Lipinski definition) is 3. The lowest BCUT2D eigenvalue weighted by molar-refractivity contribution is -0.161. The van der Waals surface area contributed by atoms with Gasteiger partial charge in [-0.15, -0.1) is 0 Å². The lowest BCUT2D eigenvalue weighted by Gasteiger charge is -2.21. The van der Waals surface area contributed by atoms with Gasteiger partial charge in [0.15, 0.2) is 12.2 Å². The Morgan fingerprint density at radius 3 is 0.835 bits per heavy atom. The second kappa shape index (κ2) is 64.1. The largest absolute Gasteiger partial charge is 0.472 e. The summed E-state index contributed by atoms with van der Waals surface area (Å²) < 4.78 is 68.3. The molecule has 0 aliphatic heterocycles. The number of ether oxygens (including phenoxy) is 4. The molecule has 0 aliphatic rings. The maximum absolute atomic E-state index is 13.0. The van der Waals surface area contributed by atoms with Crippen LogP contribution in [-0.4, -0.2) is 96.7 Å². The molecule has 0 spiro atoms. The molecule has 0 radical (unpaired) electrons. The number of phosphoric ester groups is 2. The molecule has 0 bridgehead atoms. The lowest BCUT2D eigenvalue weighted by Crippen LogP contribution is -2.30. The first-order valence-corrected chi connectivity index (χ1v) is 40.5. The van der Waals surface area contributed by atoms with E-state index in [2.05, 4.69) is 41.5 Å². The van der Waals surface area contributed by atoms with Crippen LogP contribution in [0, 0.1) is 11.8 Å². The summed E-state index contributed by atoms with van der Waals surface area (Å²) in [7, 11) is -9.90. The maximum Gasteiger partial charge on any atom is 0.472 e. The van der Waals surface area contributed by atoms with Gasteiger partial charge in [0, 0.05) is 25.7 Å². The number of aliphatic hydroxyl groups excluding tert-OH is 1. The summed E-state index contributed by atoms with van der Waals surface area (Å²) in [5, 5.41) is 10.6. The molecular weight excluding hydrogens is 1200 g/mol. The summed E-state index contributed by atoms with van der Waals surface area (Å²) in [6.07, 6.45) is 50.1. The van der Waals surface area contributed by atoms with Gasteiger partial charge < -0.3 is 33.8 Å². The molecule has 0 heterocycles. The fourth-order valence-corrected chi connectivity index (χ4v) is 12.5. The highest BCUT2D eigenvalue weighted by atomic mass is 31.2. The van der Waals surface area contributed by atoms with Crippen LogP contribution in [0.25, 0.3) is 0 Å². The number of hydrogen-bond acceptors (Lipinski definition) is 15. The van der Waals surface area contributed by atoms with Crippen molar-refractivity contribution in [2.45, 2.75) is 387 Å². The van der Waals surface area contributed by atoms with Crippen molar-refractivity contribution in [3.05, 3.63) is 0 Å². The highest BCUT2D eigenvalue weighted by molar-refractivity contribution is 7.47. The molecule has 0 aromatic rings. The van der Waals surface area contributed by atoms with Crippen molar-refractivity contribution >= 4 is 39.5 Å². The van der Waals surface area contributed by atoms with Crippen LogP contribution < -0.4 is 0 Å². The Bertz CT molecular complexity index is 1770. The van der Waals surface area contributed by atoms with Gasteiger partial charge in [-0.25, -0.2) is 9.13 Å². The minimum Gasteiger partial charge on any atom is -0.462 e. The first-order chi connectivity index (χ1) is 43.9. The number of rotatable bonds is 71. The first-order valence-electron chi connectivity index (χ1n) is 37.5. The Kier molecular flexibility index (Phi) is 62.7. The van der Waals surface area contributed by atoms with Crippen molar-refractivity contribution in [1.29, 1.82) is 0 Å². The van der Waals surface area contributed by atoms with Crippen LogP contribution in [0.4, 0.5) is 0 Å². The van der Waals surface area contributed by atoms with Crippen LogP contribution in [-0.2, 0) is 65.4 Å². The average molecular weight is 1340 g/mol.